The molecule has 2 aromatic heterocycles. The van der Waals surface area contributed by atoms with Gasteiger partial charge in [0.15, 0.2) is 0 Å². The quantitative estimate of drug-likeness (QED) is 0.700. The van der Waals surface area contributed by atoms with Crippen LogP contribution in [-0.4, -0.2) is 40.0 Å². The molecule has 2 N–H and O–H groups in total. The molecule has 0 unspecified atom stereocenters. The van der Waals surface area contributed by atoms with Crippen molar-refractivity contribution in [3.8, 4) is 0 Å². The van der Waals surface area contributed by atoms with Crippen LogP contribution in [0.1, 0.15) is 34.8 Å². The van der Waals surface area contributed by atoms with Gasteiger partial charge in [0.1, 0.15) is 23.0 Å². The van der Waals surface area contributed by atoms with Gasteiger partial charge in [0.25, 0.3) is 5.91 Å². The number of aromatic nitrogens is 3. The predicted molar refractivity (Wildman–Crippen MR) is 103 cm³/mol. The molecule has 0 radical (unpaired) electrons. The molecule has 6 nitrogen and oxygen atoms in total. The monoisotopic (exact) mass is 403 g/mol. The van der Waals surface area contributed by atoms with Gasteiger partial charge in [-0.15, -0.1) is 0 Å². The number of hydrogen-bond acceptors (Lipinski definition) is 4. The highest BCUT2D eigenvalue weighted by Crippen LogP contribution is 2.30. The number of alkyl halides is 3. The van der Waals surface area contributed by atoms with Crippen LogP contribution >= 0.6 is 0 Å². The molecule has 1 fully saturated rings. The van der Waals surface area contributed by atoms with Crippen LogP contribution in [0.25, 0.3) is 10.9 Å². The predicted octanol–water partition coefficient (Wildman–Crippen LogP) is 3.68. The van der Waals surface area contributed by atoms with Crippen molar-refractivity contribution < 1.29 is 18.0 Å². The number of nitrogens with zero attached hydrogens (tertiary/aromatic N) is 3. The Morgan fingerprint density at radius 3 is 2.59 bits per heavy atom. The Labute approximate surface area is 165 Å². The number of halogens is 3. The Morgan fingerprint density at radius 2 is 1.90 bits per heavy atom. The van der Waals surface area contributed by atoms with E-state index >= 15 is 0 Å². The van der Waals surface area contributed by atoms with Gasteiger partial charge >= 0.3 is 6.18 Å². The Balaban J connectivity index is 1.39. The van der Waals surface area contributed by atoms with Crippen LogP contribution in [0, 0.1) is 6.92 Å². The van der Waals surface area contributed by atoms with E-state index in [1.165, 1.54) is 6.92 Å². The minimum Gasteiger partial charge on any atom is -0.356 e. The van der Waals surface area contributed by atoms with Crippen molar-refractivity contribution >= 4 is 22.6 Å². The maximum Gasteiger partial charge on any atom is 0.433 e. The lowest BCUT2D eigenvalue weighted by molar-refractivity contribution is -0.141. The number of carbonyl (C=O) groups is 1. The number of hydrogen-bond donors (Lipinski definition) is 2. The van der Waals surface area contributed by atoms with Gasteiger partial charge in [-0.3, -0.25) is 4.79 Å². The number of piperidine rings is 1. The summed E-state index contributed by atoms with van der Waals surface area (Å²) in [4.78, 5) is 25.1. The lowest BCUT2D eigenvalue weighted by Gasteiger charge is -2.33. The van der Waals surface area contributed by atoms with Crippen LogP contribution in [0.3, 0.4) is 0 Å². The summed E-state index contributed by atoms with van der Waals surface area (Å²) in [6, 6.07) is 10.4. The molecule has 4 rings (SSSR count). The zero-order valence-corrected chi connectivity index (χ0v) is 15.8. The van der Waals surface area contributed by atoms with Gasteiger partial charge in [0, 0.05) is 36.1 Å². The molecule has 0 atom stereocenters. The van der Waals surface area contributed by atoms with Gasteiger partial charge in [-0.25, -0.2) is 9.97 Å². The first kappa shape index (κ1) is 19.2. The summed E-state index contributed by atoms with van der Waals surface area (Å²) in [6.07, 6.45) is -3.26. The normalized spacial score (nSPS) is 15.7. The van der Waals surface area contributed by atoms with Gasteiger partial charge in [0.2, 0.25) is 0 Å². The van der Waals surface area contributed by atoms with Crippen LogP contribution in [0.5, 0.6) is 0 Å². The minimum absolute atomic E-state index is 0.0461. The molecule has 1 aliphatic heterocycles. The number of carbonyl (C=O) groups excluding carboxylic acids is 1. The fourth-order valence-corrected chi connectivity index (χ4v) is 3.57. The number of aromatic amines is 1. The van der Waals surface area contributed by atoms with E-state index in [-0.39, 0.29) is 23.6 Å². The van der Waals surface area contributed by atoms with Gasteiger partial charge < -0.3 is 15.2 Å². The number of anilines is 1. The summed E-state index contributed by atoms with van der Waals surface area (Å²) in [5.41, 5.74) is 0.455. The zero-order valence-electron chi connectivity index (χ0n) is 15.8. The lowest BCUT2D eigenvalue weighted by Crippen LogP contribution is -2.45. The summed E-state index contributed by atoms with van der Waals surface area (Å²) < 4.78 is 39.0. The van der Waals surface area contributed by atoms with Gasteiger partial charge in [-0.1, -0.05) is 18.2 Å². The van der Waals surface area contributed by atoms with E-state index in [9.17, 15) is 18.0 Å². The number of H-pyrrole nitrogens is 1. The molecule has 0 spiro atoms. The second kappa shape index (κ2) is 7.38. The van der Waals surface area contributed by atoms with Crippen molar-refractivity contribution in [2.24, 2.45) is 0 Å². The van der Waals surface area contributed by atoms with Crippen LogP contribution in [0.2, 0.25) is 0 Å². The van der Waals surface area contributed by atoms with Crippen LogP contribution in [0.4, 0.5) is 19.0 Å². The second-order valence-electron chi connectivity index (χ2n) is 7.16. The van der Waals surface area contributed by atoms with Crippen LogP contribution in [0.15, 0.2) is 36.4 Å². The Bertz CT molecular complexity index is 1010. The van der Waals surface area contributed by atoms with E-state index in [1.807, 2.05) is 30.3 Å². The Morgan fingerprint density at radius 1 is 1.17 bits per heavy atom. The molecular weight excluding hydrogens is 383 g/mol. The van der Waals surface area contributed by atoms with Gasteiger partial charge in [-0.2, -0.15) is 13.2 Å². The molecule has 0 bridgehead atoms. The number of benzene rings is 1. The first-order chi connectivity index (χ1) is 13.8. The largest absolute Gasteiger partial charge is 0.433 e. The van der Waals surface area contributed by atoms with Gasteiger partial charge in [-0.05, 0) is 31.9 Å². The number of para-hydroxylation sites is 1. The average Bonchev–Trinajstić information content (AvgIpc) is 3.12. The zero-order chi connectivity index (χ0) is 20.6. The van der Waals surface area contributed by atoms with Crippen LogP contribution < -0.4 is 10.2 Å². The fourth-order valence-electron chi connectivity index (χ4n) is 3.57. The van der Waals surface area contributed by atoms with E-state index in [2.05, 4.69) is 20.3 Å². The van der Waals surface area contributed by atoms with Crippen molar-refractivity contribution in [2.45, 2.75) is 32.0 Å². The first-order valence-electron chi connectivity index (χ1n) is 9.36. The fraction of sp³-hybridized carbons (Fsp3) is 0.350. The molecule has 1 aliphatic rings. The number of rotatable bonds is 3. The summed E-state index contributed by atoms with van der Waals surface area (Å²) in [7, 11) is 0. The Hall–Kier alpha value is -3.10. The SMILES string of the molecule is Cc1nc(N2CCC(NC(=O)c3cc4ccccc4[nH]3)CC2)cc(C(F)(F)F)n1. The third kappa shape index (κ3) is 4.18. The highest BCUT2D eigenvalue weighted by molar-refractivity contribution is 5.98. The summed E-state index contributed by atoms with van der Waals surface area (Å²) >= 11 is 0. The molecule has 0 aliphatic carbocycles. The number of nitrogens with one attached hydrogen (secondary N) is 2. The van der Waals surface area contributed by atoms with Crippen molar-refractivity contribution in [1.82, 2.24) is 20.3 Å². The van der Waals surface area contributed by atoms with Crippen molar-refractivity contribution in [1.29, 1.82) is 0 Å². The molecule has 9 heteroatoms. The van der Waals surface area contributed by atoms with Gasteiger partial charge in [0.05, 0.1) is 0 Å². The molecular formula is C20H20F3N5O. The van der Waals surface area contributed by atoms with E-state index in [0.717, 1.165) is 17.0 Å². The number of aryl methyl sites for hydroxylation is 1. The third-order valence-electron chi connectivity index (χ3n) is 5.04. The molecule has 3 heterocycles. The van der Waals surface area contributed by atoms with E-state index in [4.69, 9.17) is 0 Å². The molecule has 152 valence electrons. The number of amides is 1. The standard InChI is InChI=1S/C20H20F3N5O/c1-12-24-17(20(21,22)23)11-18(25-12)28-8-6-14(7-9-28)26-19(29)16-10-13-4-2-3-5-15(13)27-16/h2-5,10-11,14,27H,6-9H2,1H3,(H,26,29). The highest BCUT2D eigenvalue weighted by Gasteiger charge is 2.34. The Kier molecular flexibility index (Phi) is 4.89. The summed E-state index contributed by atoms with van der Waals surface area (Å²) in [5.74, 6) is 0.172. The molecule has 3 aromatic rings. The lowest BCUT2D eigenvalue weighted by atomic mass is 10.0. The highest BCUT2D eigenvalue weighted by atomic mass is 19.4. The van der Waals surface area contributed by atoms with Crippen molar-refractivity contribution in [3.05, 3.63) is 53.6 Å². The topological polar surface area (TPSA) is 73.9 Å². The van der Waals surface area contributed by atoms with E-state index < -0.39 is 11.9 Å². The summed E-state index contributed by atoms with van der Waals surface area (Å²) in [6.45, 7) is 2.46. The smallest absolute Gasteiger partial charge is 0.356 e. The first-order valence-corrected chi connectivity index (χ1v) is 9.36. The molecule has 1 amide bonds. The number of fused-ring (bicyclic) bond motifs is 1. The second-order valence-corrected chi connectivity index (χ2v) is 7.16. The molecule has 0 saturated carbocycles. The van der Waals surface area contributed by atoms with Crippen LogP contribution in [-0.2, 0) is 6.18 Å². The van der Waals surface area contributed by atoms with Crippen molar-refractivity contribution in [3.63, 3.8) is 0 Å². The minimum atomic E-state index is -4.51. The summed E-state index contributed by atoms with van der Waals surface area (Å²) in [5, 5.41) is 3.97. The maximum absolute atomic E-state index is 13.0. The van der Waals surface area contributed by atoms with Crippen molar-refractivity contribution in [2.75, 3.05) is 18.0 Å². The maximum atomic E-state index is 13.0. The molecule has 1 aromatic carbocycles. The third-order valence-corrected chi connectivity index (χ3v) is 5.04. The van der Waals surface area contributed by atoms with E-state index in [1.54, 1.807) is 4.90 Å². The molecule has 1 saturated heterocycles. The average molecular weight is 403 g/mol. The molecule has 29 heavy (non-hydrogen) atoms. The van der Waals surface area contributed by atoms with E-state index in [0.29, 0.717) is 31.6 Å².